The summed E-state index contributed by atoms with van der Waals surface area (Å²) in [4.78, 5) is 71.1. The van der Waals surface area contributed by atoms with Crippen LogP contribution in [0.15, 0.2) is 60.8 Å². The summed E-state index contributed by atoms with van der Waals surface area (Å²) < 4.78 is 11.0. The first-order valence-corrected chi connectivity index (χ1v) is 20.9. The van der Waals surface area contributed by atoms with E-state index in [1.165, 1.54) is 0 Å². The van der Waals surface area contributed by atoms with Crippen LogP contribution >= 0.6 is 0 Å². The molecule has 0 spiro atoms. The molecule has 1 saturated carbocycles. The van der Waals surface area contributed by atoms with Crippen LogP contribution in [0.4, 0.5) is 4.79 Å². The molecule has 1 aliphatic rings. The zero-order valence-electron chi connectivity index (χ0n) is 35.3. The third-order valence-electron chi connectivity index (χ3n) is 10.9. The van der Waals surface area contributed by atoms with Crippen LogP contribution in [0.2, 0.25) is 0 Å². The molecule has 13 heteroatoms. The van der Waals surface area contributed by atoms with Crippen LogP contribution in [0.1, 0.15) is 111 Å². The summed E-state index contributed by atoms with van der Waals surface area (Å²) in [5, 5.41) is 24.0. The number of aliphatic hydroxyl groups is 1. The second-order valence-electron chi connectivity index (χ2n) is 17.1. The molecular weight excluding hydrogens is 739 g/mol. The number of fused-ring (bicyclic) bond motifs is 1. The van der Waals surface area contributed by atoms with E-state index < -0.39 is 72.1 Å². The van der Waals surface area contributed by atoms with Gasteiger partial charge in [0.15, 0.2) is 0 Å². The minimum absolute atomic E-state index is 0.0480. The first kappa shape index (κ1) is 45.8. The van der Waals surface area contributed by atoms with E-state index >= 15 is 0 Å². The molecule has 6 atom stereocenters. The number of H-pyrrole nitrogens is 1. The monoisotopic (exact) mass is 803 g/mol. The Hall–Kier alpha value is -4.91. The van der Waals surface area contributed by atoms with Gasteiger partial charge in [0.05, 0.1) is 18.6 Å². The fraction of sp³-hybridized carbons (Fsp3) is 0.578. The van der Waals surface area contributed by atoms with Crippen molar-refractivity contribution in [3.63, 3.8) is 0 Å². The fourth-order valence-corrected chi connectivity index (χ4v) is 7.37. The van der Waals surface area contributed by atoms with Crippen LogP contribution in [0, 0.1) is 17.8 Å². The van der Waals surface area contributed by atoms with E-state index in [1.54, 1.807) is 40.8 Å². The molecule has 6 N–H and O–H groups in total. The molecule has 2 unspecified atom stereocenters. The van der Waals surface area contributed by atoms with E-state index in [-0.39, 0.29) is 30.8 Å². The average Bonchev–Trinajstić information content (AvgIpc) is 3.59. The number of nitrogens with one attached hydrogen (secondary N) is 5. The molecule has 0 saturated heterocycles. The van der Waals surface area contributed by atoms with Crippen molar-refractivity contribution in [1.29, 1.82) is 0 Å². The van der Waals surface area contributed by atoms with Crippen LogP contribution in [0.3, 0.4) is 0 Å². The van der Waals surface area contributed by atoms with Crippen molar-refractivity contribution in [3.8, 4) is 0 Å². The number of amides is 4. The molecule has 58 heavy (non-hydrogen) atoms. The summed E-state index contributed by atoms with van der Waals surface area (Å²) in [5.74, 6) is -2.62. The molecule has 4 rings (SSSR count). The predicted molar refractivity (Wildman–Crippen MR) is 223 cm³/mol. The quantitative estimate of drug-likeness (QED) is 0.0771. The minimum Gasteiger partial charge on any atom is -0.459 e. The van der Waals surface area contributed by atoms with E-state index in [2.05, 4.69) is 26.3 Å². The molecule has 1 aromatic heterocycles. The maximum atomic E-state index is 14.3. The van der Waals surface area contributed by atoms with Crippen molar-refractivity contribution in [2.24, 2.45) is 17.8 Å². The number of ether oxygens (including phenoxy) is 2. The molecule has 0 radical (unpaired) electrons. The highest BCUT2D eigenvalue weighted by atomic mass is 16.6. The van der Waals surface area contributed by atoms with Gasteiger partial charge in [-0.3, -0.25) is 14.4 Å². The highest BCUT2D eigenvalue weighted by Gasteiger charge is 2.35. The first-order chi connectivity index (χ1) is 27.5. The first-order valence-electron chi connectivity index (χ1n) is 20.9. The normalized spacial score (nSPS) is 16.6. The molecule has 318 valence electrons. The molecule has 4 amide bonds. The molecule has 0 aliphatic heterocycles. The molecular formula is C45H65N5O8. The number of hydrogen-bond donors (Lipinski definition) is 6. The molecule has 1 aliphatic carbocycles. The molecule has 1 fully saturated rings. The van der Waals surface area contributed by atoms with Crippen LogP contribution in [0.25, 0.3) is 10.9 Å². The number of carbonyl (C=O) groups is 5. The maximum Gasteiger partial charge on any atom is 0.408 e. The lowest BCUT2D eigenvalue weighted by Gasteiger charge is -2.32. The van der Waals surface area contributed by atoms with Gasteiger partial charge in [0.2, 0.25) is 17.7 Å². The molecule has 13 nitrogen and oxygen atoms in total. The van der Waals surface area contributed by atoms with Gasteiger partial charge in [-0.25, -0.2) is 9.59 Å². The lowest BCUT2D eigenvalue weighted by atomic mass is 9.84. The second-order valence-corrected chi connectivity index (χ2v) is 17.1. The van der Waals surface area contributed by atoms with Crippen LogP contribution < -0.4 is 21.3 Å². The van der Waals surface area contributed by atoms with Crippen molar-refractivity contribution >= 4 is 40.7 Å². The highest BCUT2D eigenvalue weighted by molar-refractivity contribution is 5.92. The molecule has 2 aromatic carbocycles. The van der Waals surface area contributed by atoms with Crippen molar-refractivity contribution in [2.45, 2.75) is 149 Å². The van der Waals surface area contributed by atoms with Crippen molar-refractivity contribution in [1.82, 2.24) is 26.3 Å². The number of rotatable bonds is 19. The largest absolute Gasteiger partial charge is 0.459 e. The Balaban J connectivity index is 1.53. The third kappa shape index (κ3) is 14.2. The van der Waals surface area contributed by atoms with E-state index in [0.29, 0.717) is 12.8 Å². The molecule has 0 bridgehead atoms. The summed E-state index contributed by atoms with van der Waals surface area (Å²) in [7, 11) is 0. The van der Waals surface area contributed by atoms with Gasteiger partial charge in [-0.15, -0.1) is 0 Å². The number of aromatic nitrogens is 1. The Morgan fingerprint density at radius 3 is 2.17 bits per heavy atom. The Morgan fingerprint density at radius 1 is 0.845 bits per heavy atom. The maximum absolute atomic E-state index is 14.3. The summed E-state index contributed by atoms with van der Waals surface area (Å²) in [6.07, 6.45) is 5.53. The number of alkyl carbamates (subject to hydrolysis) is 1. The van der Waals surface area contributed by atoms with Gasteiger partial charge >= 0.3 is 12.1 Å². The smallest absolute Gasteiger partial charge is 0.408 e. The number of para-hydroxylation sites is 1. The zero-order chi connectivity index (χ0) is 42.4. The highest BCUT2D eigenvalue weighted by Crippen LogP contribution is 2.28. The summed E-state index contributed by atoms with van der Waals surface area (Å²) >= 11 is 0. The van der Waals surface area contributed by atoms with Gasteiger partial charge < -0.3 is 40.8 Å². The Morgan fingerprint density at radius 2 is 1.52 bits per heavy atom. The van der Waals surface area contributed by atoms with Gasteiger partial charge in [0.1, 0.15) is 30.3 Å². The van der Waals surface area contributed by atoms with E-state index in [4.69, 9.17) is 9.47 Å². The van der Waals surface area contributed by atoms with Gasteiger partial charge in [0, 0.05) is 17.1 Å². The zero-order valence-corrected chi connectivity index (χ0v) is 35.3. The van der Waals surface area contributed by atoms with Crippen molar-refractivity contribution < 1.29 is 38.6 Å². The van der Waals surface area contributed by atoms with Gasteiger partial charge in [-0.2, -0.15) is 0 Å². The minimum atomic E-state index is -1.38. The fourth-order valence-electron chi connectivity index (χ4n) is 7.37. The number of hydrogen-bond acceptors (Lipinski definition) is 8. The topological polar surface area (TPSA) is 188 Å². The predicted octanol–water partition coefficient (Wildman–Crippen LogP) is 6.23. The van der Waals surface area contributed by atoms with Gasteiger partial charge in [0.25, 0.3) is 0 Å². The number of carbonyl (C=O) groups excluding carboxylic acids is 5. The van der Waals surface area contributed by atoms with E-state index in [0.717, 1.165) is 54.1 Å². The number of esters is 1. The SMILES string of the molecule is CCC(C)[C@H](NC(=O)[C@H](CC1CCCCC1)NC(=O)OC(C)(C)C)C(=O)N[C@@H](Cc1c[nH]c2ccccc12)C(O)CC(=O)N[C@H](C(=O)OCc1ccccc1)C(C)C. The lowest BCUT2D eigenvalue weighted by molar-refractivity contribution is -0.150. The van der Waals surface area contributed by atoms with Crippen LogP contribution in [0.5, 0.6) is 0 Å². The van der Waals surface area contributed by atoms with Crippen LogP contribution in [-0.2, 0) is 41.7 Å². The Kier molecular flexibility index (Phi) is 17.2. The van der Waals surface area contributed by atoms with Crippen molar-refractivity contribution in [3.05, 3.63) is 71.9 Å². The Bertz CT molecular complexity index is 1800. The summed E-state index contributed by atoms with van der Waals surface area (Å²) in [6, 6.07) is 13.0. The van der Waals surface area contributed by atoms with E-state index in [1.807, 2.05) is 68.4 Å². The summed E-state index contributed by atoms with van der Waals surface area (Å²) in [5.41, 5.74) is 1.72. The number of aromatic amines is 1. The van der Waals surface area contributed by atoms with E-state index in [9.17, 15) is 29.1 Å². The standard InChI is InChI=1S/C45H65N5O8/c1-8-29(4)40(50-41(53)36(23-30-17-11-9-12-18-30)48-44(56)58-45(5,6)7)42(54)47-35(24-32-26-46-34-22-16-15-21-33(32)34)37(51)25-38(52)49-39(28(2)3)43(55)57-27-31-19-13-10-14-20-31/h10,13-16,19-22,26,28-30,35-37,39-40,46,51H,8-9,11-12,17-18,23-25,27H2,1-7H3,(H,47,54)(H,48,56)(H,49,52)(H,50,53)/t29?,35-,36-,37?,39-,40-/m0/s1. The number of aliphatic hydroxyl groups excluding tert-OH is 1. The van der Waals surface area contributed by atoms with Gasteiger partial charge in [-0.1, -0.05) is 115 Å². The Labute approximate surface area is 343 Å². The second kappa shape index (κ2) is 21.7. The lowest BCUT2D eigenvalue weighted by Crippen LogP contribution is -2.59. The average molecular weight is 804 g/mol. The van der Waals surface area contributed by atoms with Gasteiger partial charge in [-0.05, 0) is 68.6 Å². The molecule has 3 aromatic rings. The summed E-state index contributed by atoms with van der Waals surface area (Å²) in [6.45, 7) is 12.6. The van der Waals surface area contributed by atoms with Crippen molar-refractivity contribution in [2.75, 3.05) is 0 Å². The third-order valence-corrected chi connectivity index (χ3v) is 10.9. The van der Waals surface area contributed by atoms with Crippen LogP contribution in [-0.4, -0.2) is 75.7 Å². The molecule has 1 heterocycles. The number of benzene rings is 2.